The molecule has 0 unspecified atom stereocenters. The third kappa shape index (κ3) is 1.76. The van der Waals surface area contributed by atoms with E-state index in [1.54, 1.807) is 24.6 Å². The van der Waals surface area contributed by atoms with Crippen LogP contribution in [-0.2, 0) is 19.0 Å². The van der Waals surface area contributed by atoms with E-state index in [1.807, 2.05) is 20.8 Å². The van der Waals surface area contributed by atoms with Crippen LogP contribution < -0.4 is 11.2 Å². The molecule has 3 rings (SSSR count). The van der Waals surface area contributed by atoms with Crippen molar-refractivity contribution in [3.63, 3.8) is 0 Å². The van der Waals surface area contributed by atoms with Crippen molar-refractivity contribution >= 4 is 17.0 Å². The zero-order valence-electron chi connectivity index (χ0n) is 12.8. The second-order valence-corrected chi connectivity index (χ2v) is 6.17. The van der Waals surface area contributed by atoms with E-state index in [2.05, 4.69) is 4.98 Å². The molecule has 0 atom stereocenters. The topological polar surface area (TPSA) is 74.4 Å². The first kappa shape index (κ1) is 13.7. The Balaban J connectivity index is 2.51. The van der Waals surface area contributed by atoms with Gasteiger partial charge in [0.1, 0.15) is 5.76 Å². The number of oxazole rings is 1. The molecule has 0 aliphatic carbocycles. The van der Waals surface area contributed by atoms with Gasteiger partial charge in [-0.25, -0.2) is 4.79 Å². The lowest BCUT2D eigenvalue weighted by atomic mass is 9.94. The highest BCUT2D eigenvalue weighted by molar-refractivity contribution is 5.74. The summed E-state index contributed by atoms with van der Waals surface area (Å²) in [5.41, 5.74) is -0.185. The Labute approximate surface area is 120 Å². The highest BCUT2D eigenvalue weighted by Gasteiger charge is 2.23. The van der Waals surface area contributed by atoms with Gasteiger partial charge in [-0.1, -0.05) is 20.8 Å². The van der Waals surface area contributed by atoms with E-state index in [9.17, 15) is 9.59 Å². The van der Waals surface area contributed by atoms with Crippen LogP contribution >= 0.6 is 0 Å². The Morgan fingerprint density at radius 2 is 1.95 bits per heavy atom. The molecule has 0 bridgehead atoms. The van der Waals surface area contributed by atoms with Gasteiger partial charge in [-0.3, -0.25) is 18.3 Å². The van der Waals surface area contributed by atoms with Crippen LogP contribution in [-0.4, -0.2) is 18.5 Å². The van der Waals surface area contributed by atoms with E-state index in [4.69, 9.17) is 4.42 Å². The van der Waals surface area contributed by atoms with Crippen LogP contribution in [0.3, 0.4) is 0 Å². The number of nitrogens with zero attached hydrogens (tertiary/aromatic N) is 4. The summed E-state index contributed by atoms with van der Waals surface area (Å²) in [7, 11) is 1.60. The molecule has 3 heterocycles. The molecule has 112 valence electrons. The molecule has 0 aliphatic rings. The molecule has 7 heteroatoms. The van der Waals surface area contributed by atoms with Crippen LogP contribution in [0.2, 0.25) is 0 Å². The summed E-state index contributed by atoms with van der Waals surface area (Å²) in [6.07, 6.45) is 1.77. The lowest BCUT2D eigenvalue weighted by molar-refractivity contribution is 0.425. The van der Waals surface area contributed by atoms with Crippen LogP contribution in [0, 0.1) is 0 Å². The van der Waals surface area contributed by atoms with Crippen LogP contribution in [0.25, 0.3) is 17.0 Å². The third-order valence-corrected chi connectivity index (χ3v) is 3.65. The van der Waals surface area contributed by atoms with Crippen molar-refractivity contribution in [2.24, 2.45) is 7.05 Å². The first-order chi connectivity index (χ1) is 9.75. The van der Waals surface area contributed by atoms with Gasteiger partial charge in [0.15, 0.2) is 11.2 Å². The molecule has 0 saturated heterocycles. The summed E-state index contributed by atoms with van der Waals surface area (Å²) in [6.45, 7) is 8.15. The Hall–Kier alpha value is -2.31. The zero-order chi connectivity index (χ0) is 15.5. The monoisotopic (exact) mass is 290 g/mol. The Morgan fingerprint density at radius 3 is 2.52 bits per heavy atom. The number of hydrogen-bond donors (Lipinski definition) is 0. The molecule has 3 aromatic heterocycles. The van der Waals surface area contributed by atoms with Crippen LogP contribution in [0.5, 0.6) is 0 Å². The minimum atomic E-state index is -0.369. The van der Waals surface area contributed by atoms with Crippen molar-refractivity contribution in [1.82, 2.24) is 18.5 Å². The Kier molecular flexibility index (Phi) is 2.66. The predicted octanol–water partition coefficient (Wildman–Crippen LogP) is 1.26. The van der Waals surface area contributed by atoms with Crippen molar-refractivity contribution in [2.75, 3.05) is 0 Å². The van der Waals surface area contributed by atoms with Gasteiger partial charge in [0.05, 0.1) is 6.20 Å². The molecule has 0 N–H and O–H groups in total. The Bertz CT molecular complexity index is 963. The number of rotatable bonds is 1. The maximum Gasteiger partial charge on any atom is 0.332 e. The maximum atomic E-state index is 12.5. The van der Waals surface area contributed by atoms with Gasteiger partial charge in [0.2, 0.25) is 0 Å². The summed E-state index contributed by atoms with van der Waals surface area (Å²) in [4.78, 5) is 28.9. The second-order valence-electron chi connectivity index (χ2n) is 6.17. The van der Waals surface area contributed by atoms with Gasteiger partial charge in [-0.2, -0.15) is 4.98 Å². The number of imidazole rings is 1. The highest BCUT2D eigenvalue weighted by atomic mass is 16.4. The van der Waals surface area contributed by atoms with Crippen molar-refractivity contribution in [3.05, 3.63) is 32.8 Å². The van der Waals surface area contributed by atoms with E-state index in [0.29, 0.717) is 23.6 Å². The van der Waals surface area contributed by atoms with Crippen molar-refractivity contribution in [3.8, 4) is 0 Å². The van der Waals surface area contributed by atoms with Gasteiger partial charge in [-0.15, -0.1) is 0 Å². The van der Waals surface area contributed by atoms with Gasteiger partial charge >= 0.3 is 11.5 Å². The van der Waals surface area contributed by atoms with E-state index < -0.39 is 0 Å². The first-order valence-corrected chi connectivity index (χ1v) is 6.87. The summed E-state index contributed by atoms with van der Waals surface area (Å²) in [5, 5.41) is 0. The summed E-state index contributed by atoms with van der Waals surface area (Å²) >= 11 is 0. The molecule has 0 aromatic carbocycles. The summed E-state index contributed by atoms with van der Waals surface area (Å²) in [6, 6.07) is 0. The average Bonchev–Trinajstić information content (AvgIpc) is 2.93. The second kappa shape index (κ2) is 4.09. The fraction of sp³-hybridized carbons (Fsp3) is 0.500. The lowest BCUT2D eigenvalue weighted by Gasteiger charge is -2.12. The van der Waals surface area contributed by atoms with E-state index in [-0.39, 0.29) is 16.7 Å². The summed E-state index contributed by atoms with van der Waals surface area (Å²) in [5.74, 6) is 1.07. The van der Waals surface area contributed by atoms with Gasteiger partial charge in [0.25, 0.3) is 5.56 Å². The van der Waals surface area contributed by atoms with E-state index in [1.165, 1.54) is 9.13 Å². The molecular weight excluding hydrogens is 272 g/mol. The zero-order valence-corrected chi connectivity index (χ0v) is 12.8. The molecule has 7 nitrogen and oxygen atoms in total. The lowest BCUT2D eigenvalue weighted by Crippen LogP contribution is -2.38. The highest BCUT2D eigenvalue weighted by Crippen LogP contribution is 2.25. The molecule has 0 aliphatic heterocycles. The minimum absolute atomic E-state index is 0.183. The molecule has 0 saturated carbocycles. The smallest absolute Gasteiger partial charge is 0.332 e. The predicted molar refractivity (Wildman–Crippen MR) is 78.8 cm³/mol. The van der Waals surface area contributed by atoms with E-state index >= 15 is 0 Å². The Morgan fingerprint density at radius 1 is 1.29 bits per heavy atom. The fourth-order valence-corrected chi connectivity index (χ4v) is 2.38. The van der Waals surface area contributed by atoms with Crippen LogP contribution in [0.1, 0.15) is 33.5 Å². The molecule has 21 heavy (non-hydrogen) atoms. The number of aromatic nitrogens is 4. The SMILES string of the molecule is CCn1c(=O)c2c(nc3oc(C(C)(C)C)cn32)n(C)c1=O. The maximum absolute atomic E-state index is 12.5. The fourth-order valence-electron chi connectivity index (χ4n) is 2.38. The van der Waals surface area contributed by atoms with Gasteiger partial charge < -0.3 is 4.42 Å². The van der Waals surface area contributed by atoms with Gasteiger partial charge in [0, 0.05) is 19.0 Å². The molecule has 0 spiro atoms. The van der Waals surface area contributed by atoms with Gasteiger partial charge in [-0.05, 0) is 6.92 Å². The van der Waals surface area contributed by atoms with Crippen molar-refractivity contribution < 1.29 is 4.42 Å². The molecule has 0 radical (unpaired) electrons. The van der Waals surface area contributed by atoms with Crippen molar-refractivity contribution in [1.29, 1.82) is 0 Å². The minimum Gasteiger partial charge on any atom is -0.428 e. The first-order valence-electron chi connectivity index (χ1n) is 6.87. The molecule has 0 amide bonds. The average molecular weight is 290 g/mol. The number of aryl methyl sites for hydroxylation is 1. The molecule has 0 fully saturated rings. The van der Waals surface area contributed by atoms with Crippen molar-refractivity contribution in [2.45, 2.75) is 39.7 Å². The van der Waals surface area contributed by atoms with Crippen LogP contribution in [0.15, 0.2) is 20.2 Å². The third-order valence-electron chi connectivity index (χ3n) is 3.65. The molecular formula is C14H18N4O3. The summed E-state index contributed by atoms with van der Waals surface area (Å²) < 4.78 is 9.93. The quantitative estimate of drug-likeness (QED) is 0.676. The van der Waals surface area contributed by atoms with Crippen LogP contribution in [0.4, 0.5) is 0 Å². The molecule has 3 aromatic rings. The largest absolute Gasteiger partial charge is 0.428 e. The van der Waals surface area contributed by atoms with E-state index in [0.717, 1.165) is 5.76 Å². The number of fused-ring (bicyclic) bond motifs is 3. The standard InChI is InChI=1S/C14H18N4O3/c1-6-17-11(19)9-10(16(5)13(17)20)15-12-18(9)7-8(21-12)14(2,3)4/h7H,6H2,1-5H3. The number of hydrogen-bond acceptors (Lipinski definition) is 4. The normalized spacial score (nSPS) is 12.6.